The highest BCUT2D eigenvalue weighted by Crippen LogP contribution is 2.34. The fourth-order valence-corrected chi connectivity index (χ4v) is 3.18. The van der Waals surface area contributed by atoms with E-state index in [1.165, 1.54) is 18.2 Å². The molecule has 3 rings (SSSR count). The zero-order chi connectivity index (χ0) is 22.4. The molecule has 0 aliphatic rings. The Balaban J connectivity index is 2.10. The first kappa shape index (κ1) is 22.5. The minimum absolute atomic E-state index is 0.129. The third-order valence-electron chi connectivity index (χ3n) is 5.03. The molecule has 31 heavy (non-hydrogen) atoms. The normalized spacial score (nSPS) is 12.0. The predicted octanol–water partition coefficient (Wildman–Crippen LogP) is 5.00. The minimum atomic E-state index is -1.04. The van der Waals surface area contributed by atoms with Crippen LogP contribution in [-0.4, -0.2) is 38.7 Å². The zero-order valence-corrected chi connectivity index (χ0v) is 17.7. The molecule has 0 fully saturated rings. The first-order valence-corrected chi connectivity index (χ1v) is 10.4. The molecule has 0 bridgehead atoms. The zero-order valence-electron chi connectivity index (χ0n) is 17.7. The monoisotopic (exact) mass is 426 g/mol. The van der Waals surface area contributed by atoms with Crippen LogP contribution in [0.25, 0.3) is 22.5 Å². The van der Waals surface area contributed by atoms with Crippen LogP contribution in [0.4, 0.5) is 4.39 Å². The van der Waals surface area contributed by atoms with E-state index in [1.54, 1.807) is 28.9 Å². The van der Waals surface area contributed by atoms with Crippen LogP contribution in [0.2, 0.25) is 0 Å². The van der Waals surface area contributed by atoms with Crippen molar-refractivity contribution in [2.24, 2.45) is 0 Å². The van der Waals surface area contributed by atoms with Crippen LogP contribution < -0.4 is 4.74 Å². The lowest BCUT2D eigenvalue weighted by atomic mass is 10.1. The van der Waals surface area contributed by atoms with E-state index in [0.717, 1.165) is 18.4 Å². The number of halogens is 1. The number of aliphatic hydroxyl groups is 1. The Labute approximate surface area is 180 Å². The summed E-state index contributed by atoms with van der Waals surface area (Å²) < 4.78 is 21.0. The molecule has 1 aromatic heterocycles. The van der Waals surface area contributed by atoms with Gasteiger partial charge in [0.15, 0.2) is 0 Å². The van der Waals surface area contributed by atoms with Crippen LogP contribution in [0, 0.1) is 5.82 Å². The molecule has 1 heterocycles. The van der Waals surface area contributed by atoms with Gasteiger partial charge in [-0.2, -0.15) is 5.10 Å². The Morgan fingerprint density at radius 2 is 1.90 bits per heavy atom. The Kier molecular flexibility index (Phi) is 7.41. The topological polar surface area (TPSA) is 84.6 Å². The van der Waals surface area contributed by atoms with Gasteiger partial charge in [-0.15, -0.1) is 0 Å². The summed E-state index contributed by atoms with van der Waals surface area (Å²) in [7, 11) is 0. The molecule has 6 nitrogen and oxygen atoms in total. The van der Waals surface area contributed by atoms with Crippen LogP contribution in [0.1, 0.15) is 43.5 Å². The number of aliphatic hydroxyl groups excluding tert-OH is 1. The number of hydrogen-bond donors (Lipinski definition) is 2. The molecule has 2 aromatic carbocycles. The molecule has 2 N–H and O–H groups in total. The van der Waals surface area contributed by atoms with Crippen molar-refractivity contribution in [1.82, 2.24) is 9.78 Å². The second-order valence-corrected chi connectivity index (χ2v) is 7.38. The van der Waals surface area contributed by atoms with Gasteiger partial charge in [-0.05, 0) is 61.4 Å². The van der Waals surface area contributed by atoms with Gasteiger partial charge in [-0.25, -0.2) is 9.18 Å². The van der Waals surface area contributed by atoms with Crippen molar-refractivity contribution in [2.75, 3.05) is 6.61 Å². The molecule has 0 unspecified atom stereocenters. The largest absolute Gasteiger partial charge is 0.493 e. The number of carbonyl (C=O) groups is 1. The maximum absolute atomic E-state index is 13.4. The number of carboxylic acids is 1. The molecule has 0 radical (unpaired) electrons. The Morgan fingerprint density at radius 3 is 2.55 bits per heavy atom. The molecule has 3 aromatic rings. The number of hydrogen-bond acceptors (Lipinski definition) is 4. The average Bonchev–Trinajstić information content (AvgIpc) is 3.17. The molecule has 0 amide bonds. The van der Waals surface area contributed by atoms with Crippen LogP contribution in [0.15, 0.2) is 48.5 Å². The number of aromatic nitrogens is 2. The molecule has 0 aliphatic carbocycles. The van der Waals surface area contributed by atoms with E-state index in [-0.39, 0.29) is 17.9 Å². The molecular formula is C24H27FN2O4. The number of unbranched alkanes of at least 4 members (excludes halogenated alkanes) is 1. The van der Waals surface area contributed by atoms with E-state index in [9.17, 15) is 19.4 Å². The highest BCUT2D eigenvalue weighted by molar-refractivity contribution is 5.90. The van der Waals surface area contributed by atoms with E-state index in [1.807, 2.05) is 13.0 Å². The number of carboxylic acid groups (broad SMARTS) is 1. The number of aromatic carboxylic acids is 1. The fraction of sp³-hybridized carbons (Fsp3) is 0.333. The van der Waals surface area contributed by atoms with Gasteiger partial charge in [0.2, 0.25) is 0 Å². The van der Waals surface area contributed by atoms with Crippen molar-refractivity contribution in [3.8, 4) is 28.3 Å². The van der Waals surface area contributed by atoms with Crippen molar-refractivity contribution < 1.29 is 24.1 Å². The summed E-state index contributed by atoms with van der Waals surface area (Å²) in [5.74, 6) is -0.838. The number of rotatable bonds is 10. The highest BCUT2D eigenvalue weighted by Gasteiger charge is 2.18. The summed E-state index contributed by atoms with van der Waals surface area (Å²) in [5, 5.41) is 24.3. The van der Waals surface area contributed by atoms with Crippen molar-refractivity contribution in [1.29, 1.82) is 0 Å². The van der Waals surface area contributed by atoms with E-state index < -0.39 is 12.1 Å². The number of benzene rings is 2. The van der Waals surface area contributed by atoms with E-state index in [0.29, 0.717) is 35.7 Å². The Morgan fingerprint density at radius 1 is 1.16 bits per heavy atom. The van der Waals surface area contributed by atoms with Crippen LogP contribution in [-0.2, 0) is 6.54 Å². The second kappa shape index (κ2) is 10.2. The first-order valence-electron chi connectivity index (χ1n) is 10.4. The third-order valence-corrected chi connectivity index (χ3v) is 5.03. The Bertz CT molecular complexity index is 1030. The standard InChI is InChI=1S/C24H27FN2O4/c1-3-5-12-31-23-11-8-17(24(29)30)13-20(23)21-14-22(16-6-9-18(25)10-7-16)27(26-21)15-19(28)4-2/h6-11,13-14,19,28H,3-5,12,15H2,1-2H3,(H,29,30)/t19-/m0/s1. The lowest BCUT2D eigenvalue weighted by Gasteiger charge is -2.12. The molecule has 1 atom stereocenters. The van der Waals surface area contributed by atoms with Crippen molar-refractivity contribution in [2.45, 2.75) is 45.8 Å². The summed E-state index contributed by atoms with van der Waals surface area (Å²) in [6, 6.07) is 12.5. The smallest absolute Gasteiger partial charge is 0.335 e. The molecule has 0 saturated carbocycles. The molecule has 0 aliphatic heterocycles. The van der Waals surface area contributed by atoms with Crippen LogP contribution >= 0.6 is 0 Å². The minimum Gasteiger partial charge on any atom is -0.493 e. The lowest BCUT2D eigenvalue weighted by Crippen LogP contribution is -2.16. The van der Waals surface area contributed by atoms with Crippen LogP contribution in [0.5, 0.6) is 5.75 Å². The summed E-state index contributed by atoms with van der Waals surface area (Å²) in [6.07, 6.45) is 1.80. The van der Waals surface area contributed by atoms with Crippen molar-refractivity contribution in [3.05, 3.63) is 59.9 Å². The van der Waals surface area contributed by atoms with E-state index in [4.69, 9.17) is 4.74 Å². The van der Waals surface area contributed by atoms with Gasteiger partial charge in [0, 0.05) is 11.1 Å². The summed E-state index contributed by atoms with van der Waals surface area (Å²) in [4.78, 5) is 11.5. The van der Waals surface area contributed by atoms with Gasteiger partial charge in [0.1, 0.15) is 11.6 Å². The van der Waals surface area contributed by atoms with Gasteiger partial charge in [-0.3, -0.25) is 4.68 Å². The molecule has 7 heteroatoms. The van der Waals surface area contributed by atoms with Gasteiger partial charge in [0.25, 0.3) is 0 Å². The number of ether oxygens (including phenoxy) is 1. The third kappa shape index (κ3) is 5.49. The number of nitrogens with zero attached hydrogens (tertiary/aromatic N) is 2. The summed E-state index contributed by atoms with van der Waals surface area (Å²) in [5.41, 5.74) is 2.65. The first-order chi connectivity index (χ1) is 14.9. The average molecular weight is 426 g/mol. The van der Waals surface area contributed by atoms with Gasteiger partial charge >= 0.3 is 5.97 Å². The van der Waals surface area contributed by atoms with E-state index >= 15 is 0 Å². The molecule has 0 spiro atoms. The highest BCUT2D eigenvalue weighted by atomic mass is 19.1. The van der Waals surface area contributed by atoms with E-state index in [2.05, 4.69) is 12.0 Å². The SMILES string of the molecule is CCCCOc1ccc(C(=O)O)cc1-c1cc(-c2ccc(F)cc2)n(C[C@@H](O)CC)n1. The van der Waals surface area contributed by atoms with Crippen molar-refractivity contribution in [3.63, 3.8) is 0 Å². The maximum Gasteiger partial charge on any atom is 0.335 e. The van der Waals surface area contributed by atoms with Crippen molar-refractivity contribution >= 4 is 5.97 Å². The summed E-state index contributed by atoms with van der Waals surface area (Å²) >= 11 is 0. The lowest BCUT2D eigenvalue weighted by molar-refractivity contribution is 0.0697. The molecule has 164 valence electrons. The van der Waals surface area contributed by atoms with Crippen LogP contribution in [0.3, 0.4) is 0 Å². The van der Waals surface area contributed by atoms with Gasteiger partial charge < -0.3 is 14.9 Å². The quantitative estimate of drug-likeness (QED) is 0.446. The molecule has 0 saturated heterocycles. The Hall–Kier alpha value is -3.19. The second-order valence-electron chi connectivity index (χ2n) is 7.38. The predicted molar refractivity (Wildman–Crippen MR) is 117 cm³/mol. The maximum atomic E-state index is 13.4. The molecular weight excluding hydrogens is 399 g/mol. The fourth-order valence-electron chi connectivity index (χ4n) is 3.18. The van der Waals surface area contributed by atoms with Gasteiger partial charge in [0.05, 0.1) is 36.2 Å². The van der Waals surface area contributed by atoms with Gasteiger partial charge in [-0.1, -0.05) is 20.3 Å². The summed E-state index contributed by atoms with van der Waals surface area (Å²) in [6.45, 7) is 4.71.